The van der Waals surface area contributed by atoms with Crippen molar-refractivity contribution in [2.75, 3.05) is 10.9 Å². The molecular weight excluding hydrogens is 456 g/mol. The number of sulfonamides is 1. The first-order valence-electron chi connectivity index (χ1n) is 10.00. The van der Waals surface area contributed by atoms with Gasteiger partial charge in [0.25, 0.3) is 10.0 Å². The van der Waals surface area contributed by atoms with Crippen molar-refractivity contribution in [3.05, 3.63) is 95.4 Å². The van der Waals surface area contributed by atoms with Gasteiger partial charge < -0.3 is 4.74 Å². The Labute approximate surface area is 192 Å². The summed E-state index contributed by atoms with van der Waals surface area (Å²) in [5, 5.41) is 0.354. The molecule has 3 rings (SSSR count). The smallest absolute Gasteiger partial charge is 0.264 e. The second kappa shape index (κ2) is 10.3. The molecule has 8 heteroatoms. The molecule has 0 spiro atoms. The van der Waals surface area contributed by atoms with E-state index in [2.05, 4.69) is 0 Å². The molecule has 4 nitrogen and oxygen atoms in total. The zero-order chi connectivity index (χ0) is 23.3. The summed E-state index contributed by atoms with van der Waals surface area (Å²) in [5.74, 6) is -1.15. The quantitative estimate of drug-likeness (QED) is 0.327. The van der Waals surface area contributed by atoms with Crippen LogP contribution in [0, 0.1) is 18.1 Å². The normalized spacial score (nSPS) is 12.4. The Bertz CT molecular complexity index is 1170. The maximum atomic E-state index is 14.8. The van der Waals surface area contributed by atoms with E-state index in [9.17, 15) is 17.2 Å². The highest BCUT2D eigenvalue weighted by Gasteiger charge is 2.34. The third kappa shape index (κ3) is 5.22. The fourth-order valence-electron chi connectivity index (χ4n) is 3.29. The van der Waals surface area contributed by atoms with Gasteiger partial charge in [0.2, 0.25) is 0 Å². The van der Waals surface area contributed by atoms with E-state index in [1.165, 1.54) is 24.3 Å². The van der Waals surface area contributed by atoms with Gasteiger partial charge in [-0.15, -0.1) is 0 Å². The summed E-state index contributed by atoms with van der Waals surface area (Å²) in [5.41, 5.74) is 0.119. The van der Waals surface area contributed by atoms with Gasteiger partial charge in [-0.2, -0.15) is 0 Å². The summed E-state index contributed by atoms with van der Waals surface area (Å²) < 4.78 is 62.9. The molecule has 169 valence electrons. The number of hydrogen-bond acceptors (Lipinski definition) is 3. The van der Waals surface area contributed by atoms with Gasteiger partial charge in [0.15, 0.2) is 0 Å². The van der Waals surface area contributed by atoms with Crippen LogP contribution in [-0.2, 0) is 10.0 Å². The average Bonchev–Trinajstić information content (AvgIpc) is 2.77. The highest BCUT2D eigenvalue weighted by Crippen LogP contribution is 2.38. The molecule has 0 bridgehead atoms. The van der Waals surface area contributed by atoms with Crippen LogP contribution in [0.4, 0.5) is 14.5 Å². The van der Waals surface area contributed by atoms with Crippen LogP contribution in [0.3, 0.4) is 0 Å². The lowest BCUT2D eigenvalue weighted by atomic mass is 10.1. The molecule has 0 aromatic heterocycles. The highest BCUT2D eigenvalue weighted by molar-refractivity contribution is 7.92. The van der Waals surface area contributed by atoms with Crippen molar-refractivity contribution < 1.29 is 21.9 Å². The van der Waals surface area contributed by atoms with Crippen LogP contribution in [0.5, 0.6) is 5.75 Å². The van der Waals surface area contributed by atoms with Crippen molar-refractivity contribution >= 4 is 27.3 Å². The standard InChI is InChI=1S/C24H23ClF2NO3S/c1-3-4-15-31-24-8-6-5-7-21(24)17(2)28(23-16-19(26)11-14-22(23)27)32(29,30)20-12-9-18(25)10-13-20/h3,5-14,16-17H,4,15H2,1-2H3. The summed E-state index contributed by atoms with van der Waals surface area (Å²) >= 11 is 5.91. The van der Waals surface area contributed by atoms with Gasteiger partial charge in [-0.05, 0) is 62.2 Å². The van der Waals surface area contributed by atoms with Crippen LogP contribution >= 0.6 is 11.6 Å². The molecule has 0 amide bonds. The number of para-hydroxylation sites is 1. The van der Waals surface area contributed by atoms with E-state index in [1.807, 2.05) is 13.3 Å². The Kier molecular flexibility index (Phi) is 7.74. The number of hydrogen-bond donors (Lipinski definition) is 0. The number of ether oxygens (including phenoxy) is 1. The monoisotopic (exact) mass is 478 g/mol. The van der Waals surface area contributed by atoms with E-state index < -0.39 is 33.4 Å². The third-order valence-corrected chi connectivity index (χ3v) is 7.05. The van der Waals surface area contributed by atoms with E-state index in [-0.39, 0.29) is 4.90 Å². The van der Waals surface area contributed by atoms with E-state index in [0.29, 0.717) is 29.4 Å². The Balaban J connectivity index is 2.16. The lowest BCUT2D eigenvalue weighted by Crippen LogP contribution is -2.34. The Morgan fingerprint density at radius 1 is 1.06 bits per heavy atom. The molecule has 0 aliphatic rings. The van der Waals surface area contributed by atoms with E-state index >= 15 is 0 Å². The third-order valence-electron chi connectivity index (χ3n) is 4.90. The molecule has 0 saturated carbocycles. The molecule has 32 heavy (non-hydrogen) atoms. The number of benzene rings is 3. The number of unbranched alkanes of at least 4 members (excludes halogenated alkanes) is 1. The van der Waals surface area contributed by atoms with Gasteiger partial charge in [-0.3, -0.25) is 4.31 Å². The number of nitrogens with zero attached hydrogens (tertiary/aromatic N) is 1. The minimum atomic E-state index is -4.29. The van der Waals surface area contributed by atoms with E-state index in [4.69, 9.17) is 16.3 Å². The van der Waals surface area contributed by atoms with Crippen molar-refractivity contribution in [1.82, 2.24) is 0 Å². The molecule has 3 aromatic carbocycles. The van der Waals surface area contributed by atoms with Gasteiger partial charge in [0.1, 0.15) is 17.4 Å². The lowest BCUT2D eigenvalue weighted by molar-refractivity contribution is 0.316. The van der Waals surface area contributed by atoms with Crippen LogP contribution in [-0.4, -0.2) is 15.0 Å². The van der Waals surface area contributed by atoms with Crippen molar-refractivity contribution in [3.63, 3.8) is 0 Å². The minimum absolute atomic E-state index is 0.101. The second-order valence-corrected chi connectivity index (χ2v) is 9.36. The predicted molar refractivity (Wildman–Crippen MR) is 122 cm³/mol. The summed E-state index contributed by atoms with van der Waals surface area (Å²) in [4.78, 5) is -0.101. The fourth-order valence-corrected chi connectivity index (χ4v) is 5.05. The molecule has 0 aliphatic heterocycles. The molecule has 0 N–H and O–H groups in total. The summed E-state index contributed by atoms with van der Waals surface area (Å²) in [6.45, 7) is 3.91. The summed E-state index contributed by atoms with van der Waals surface area (Å²) in [6.07, 6.45) is 2.65. The molecule has 0 saturated heterocycles. The Hall–Kier alpha value is -2.64. The van der Waals surface area contributed by atoms with Crippen LogP contribution in [0.25, 0.3) is 0 Å². The summed E-state index contributed by atoms with van der Waals surface area (Å²) in [6, 6.07) is 14.2. The number of anilines is 1. The highest BCUT2D eigenvalue weighted by atomic mass is 35.5. The number of rotatable bonds is 9. The molecule has 0 fully saturated rings. The molecule has 1 radical (unpaired) electrons. The molecule has 1 unspecified atom stereocenters. The van der Waals surface area contributed by atoms with Crippen LogP contribution < -0.4 is 9.04 Å². The van der Waals surface area contributed by atoms with E-state index in [0.717, 1.165) is 22.5 Å². The van der Waals surface area contributed by atoms with Gasteiger partial charge >= 0.3 is 0 Å². The van der Waals surface area contributed by atoms with Gasteiger partial charge in [-0.1, -0.05) is 36.7 Å². The van der Waals surface area contributed by atoms with Gasteiger partial charge in [0.05, 0.1) is 23.2 Å². The van der Waals surface area contributed by atoms with Gasteiger partial charge in [-0.25, -0.2) is 17.2 Å². The summed E-state index contributed by atoms with van der Waals surface area (Å²) in [7, 11) is -4.29. The van der Waals surface area contributed by atoms with Crippen molar-refractivity contribution in [1.29, 1.82) is 0 Å². The fraction of sp³-hybridized carbons (Fsp3) is 0.208. The Morgan fingerprint density at radius 3 is 2.44 bits per heavy atom. The average molecular weight is 479 g/mol. The minimum Gasteiger partial charge on any atom is -0.493 e. The lowest BCUT2D eigenvalue weighted by Gasteiger charge is -2.32. The zero-order valence-electron chi connectivity index (χ0n) is 17.6. The van der Waals surface area contributed by atoms with Gasteiger partial charge in [0, 0.05) is 16.7 Å². The van der Waals surface area contributed by atoms with Crippen LogP contribution in [0.15, 0.2) is 71.6 Å². The maximum Gasteiger partial charge on any atom is 0.264 e. The topological polar surface area (TPSA) is 46.6 Å². The first-order chi connectivity index (χ1) is 15.3. The molecular formula is C24H23ClF2NO3S. The molecule has 0 heterocycles. The SMILES string of the molecule is C[CH]CCOc1ccccc1C(C)N(c1cc(F)ccc1F)S(=O)(=O)c1ccc(Cl)cc1. The van der Waals surface area contributed by atoms with E-state index in [1.54, 1.807) is 31.2 Å². The predicted octanol–water partition coefficient (Wildman–Crippen LogP) is 6.57. The largest absolute Gasteiger partial charge is 0.493 e. The molecule has 0 aliphatic carbocycles. The van der Waals surface area contributed by atoms with Crippen molar-refractivity contribution in [3.8, 4) is 5.75 Å². The Morgan fingerprint density at radius 2 is 1.75 bits per heavy atom. The van der Waals surface area contributed by atoms with Crippen LogP contribution in [0.2, 0.25) is 5.02 Å². The molecule has 1 atom stereocenters. The first kappa shape index (κ1) is 24.0. The van der Waals surface area contributed by atoms with Crippen molar-refractivity contribution in [2.45, 2.75) is 31.2 Å². The second-order valence-electron chi connectivity index (χ2n) is 7.11. The zero-order valence-corrected chi connectivity index (χ0v) is 19.2. The van der Waals surface area contributed by atoms with Crippen molar-refractivity contribution in [2.24, 2.45) is 0 Å². The number of halogens is 3. The van der Waals surface area contributed by atoms with Crippen LogP contribution in [0.1, 0.15) is 31.9 Å². The first-order valence-corrected chi connectivity index (χ1v) is 11.8. The maximum absolute atomic E-state index is 14.8. The molecule has 3 aromatic rings.